The molecule has 2 aliphatic rings. The molecule has 1 saturated carbocycles. The highest BCUT2D eigenvalue weighted by Gasteiger charge is 2.43. The molecule has 1 aliphatic heterocycles. The number of pyridine rings is 1. The number of carbonyl (C=O) groups is 3. The summed E-state index contributed by atoms with van der Waals surface area (Å²) in [7, 11) is 2.78. The van der Waals surface area contributed by atoms with E-state index in [1.165, 1.54) is 26.4 Å². The van der Waals surface area contributed by atoms with E-state index in [9.17, 15) is 27.6 Å². The van der Waals surface area contributed by atoms with E-state index in [1.54, 1.807) is 17.3 Å². The smallest absolute Gasteiger partial charge is 0.491 e. The Kier molecular flexibility index (Phi) is 13.0. The fourth-order valence-electron chi connectivity index (χ4n) is 6.10. The van der Waals surface area contributed by atoms with Crippen molar-refractivity contribution < 1.29 is 46.5 Å². The lowest BCUT2D eigenvalue weighted by Crippen LogP contribution is -2.54. The van der Waals surface area contributed by atoms with Crippen LogP contribution in [-0.4, -0.2) is 92.5 Å². The first kappa shape index (κ1) is 36.9. The number of aromatic nitrogens is 1. The number of methoxy groups -OCH3 is 2. The molecule has 2 heterocycles. The van der Waals surface area contributed by atoms with Crippen LogP contribution < -0.4 is 24.8 Å². The topological polar surface area (TPSA) is 128 Å². The number of nitrogens with one attached hydrogen (secondary N) is 2. The Balaban J connectivity index is 1.44. The van der Waals surface area contributed by atoms with Gasteiger partial charge in [0, 0.05) is 63.7 Å². The van der Waals surface area contributed by atoms with Crippen molar-refractivity contribution in [3.05, 3.63) is 47.8 Å². The van der Waals surface area contributed by atoms with Crippen LogP contribution in [0.1, 0.15) is 74.2 Å². The fraction of sp³-hybridized carbons (Fsp3) is 0.588. The molecule has 48 heavy (non-hydrogen) atoms. The van der Waals surface area contributed by atoms with Crippen LogP contribution in [0.2, 0.25) is 0 Å². The van der Waals surface area contributed by atoms with E-state index in [2.05, 4.69) is 15.6 Å². The van der Waals surface area contributed by atoms with Gasteiger partial charge in [-0.2, -0.15) is 13.2 Å². The van der Waals surface area contributed by atoms with E-state index in [-0.39, 0.29) is 53.6 Å². The summed E-state index contributed by atoms with van der Waals surface area (Å²) >= 11 is 0. The lowest BCUT2D eigenvalue weighted by atomic mass is 9.93. The molecule has 4 rings (SSSR count). The second-order valence-corrected chi connectivity index (χ2v) is 12.4. The van der Waals surface area contributed by atoms with E-state index in [1.807, 2.05) is 26.0 Å². The Labute approximate surface area is 278 Å². The third-order valence-corrected chi connectivity index (χ3v) is 8.60. The van der Waals surface area contributed by atoms with Gasteiger partial charge in [0.25, 0.3) is 5.91 Å². The lowest BCUT2D eigenvalue weighted by molar-refractivity contribution is -0.189. The second kappa shape index (κ2) is 17.0. The first-order valence-electron chi connectivity index (χ1n) is 16.3. The van der Waals surface area contributed by atoms with E-state index < -0.39 is 23.8 Å². The molecule has 1 aliphatic carbocycles. The van der Waals surface area contributed by atoms with Crippen molar-refractivity contribution in [3.8, 4) is 17.2 Å². The molecule has 3 atom stereocenters. The van der Waals surface area contributed by atoms with Gasteiger partial charge in [-0.1, -0.05) is 0 Å². The molecule has 264 valence electrons. The number of esters is 1. The summed E-state index contributed by atoms with van der Waals surface area (Å²) in [5, 5.41) is 6.57. The first-order chi connectivity index (χ1) is 23.0. The minimum Gasteiger partial charge on any atom is -0.493 e. The van der Waals surface area contributed by atoms with Crippen LogP contribution >= 0.6 is 0 Å². The van der Waals surface area contributed by atoms with Gasteiger partial charge in [0.2, 0.25) is 11.7 Å². The molecule has 2 aromatic rings. The van der Waals surface area contributed by atoms with Crippen LogP contribution in [0.15, 0.2) is 36.7 Å². The Morgan fingerprint density at radius 3 is 2.33 bits per heavy atom. The molecule has 11 nitrogen and oxygen atoms in total. The number of rotatable bonds is 16. The Bertz CT molecular complexity index is 1380. The number of hydrogen-bond acceptors (Lipinski definition) is 9. The predicted octanol–water partition coefficient (Wildman–Crippen LogP) is 4.64. The molecule has 0 bridgehead atoms. The molecule has 0 spiro atoms. The summed E-state index contributed by atoms with van der Waals surface area (Å²) in [6.45, 7) is 4.87. The van der Waals surface area contributed by atoms with Crippen molar-refractivity contribution in [1.29, 1.82) is 0 Å². The summed E-state index contributed by atoms with van der Waals surface area (Å²) < 4.78 is 60.9. The van der Waals surface area contributed by atoms with E-state index >= 15 is 0 Å². The first-order valence-corrected chi connectivity index (χ1v) is 16.3. The molecular formula is C34H45F3N4O7. The number of nitrogens with zero attached hydrogens (tertiary/aromatic N) is 2. The molecule has 14 heteroatoms. The summed E-state index contributed by atoms with van der Waals surface area (Å²) in [6.07, 6.45) is 2.56. The standard InChI is InChI=1S/C34H45F3N4O7/c1-21(2)41(25-9-8-24(40-20-25)14-17-39-31(42)28(22-6-7-22)23-12-15-38-16-13-23)32(43)26-10-11-27(46-4)30(47-19-5-18-45-3)29(26)48-33(44)34(35,36)37/h10-13,15-16,21-22,24-25,28,40H,5-9,14,17-20H2,1-4H3,(H,39,42)/t24-,25-,28-/m1/s1. The second-order valence-electron chi connectivity index (χ2n) is 12.4. The average molecular weight is 679 g/mol. The van der Waals surface area contributed by atoms with Crippen LogP contribution in [0.3, 0.4) is 0 Å². The van der Waals surface area contributed by atoms with E-state index in [0.29, 0.717) is 51.3 Å². The zero-order valence-electron chi connectivity index (χ0n) is 27.8. The highest BCUT2D eigenvalue weighted by molar-refractivity contribution is 6.00. The van der Waals surface area contributed by atoms with Crippen LogP contribution in [0, 0.1) is 5.92 Å². The molecule has 2 N–H and O–H groups in total. The van der Waals surface area contributed by atoms with Gasteiger partial charge >= 0.3 is 12.1 Å². The van der Waals surface area contributed by atoms with E-state index in [0.717, 1.165) is 18.4 Å². The minimum absolute atomic E-state index is 0.00327. The molecule has 0 radical (unpaired) electrons. The quantitative estimate of drug-likeness (QED) is 0.148. The van der Waals surface area contributed by atoms with Gasteiger partial charge < -0.3 is 34.5 Å². The summed E-state index contributed by atoms with van der Waals surface area (Å²) in [4.78, 5) is 44.8. The SMILES string of the molecule is COCCCOc1c(OC)ccc(C(=O)N(C(C)C)[C@@H]2CC[C@H](CCNC(=O)[C@@H](c3ccncc3)C3CC3)NC2)c1OC(=O)C(F)(F)F. The third kappa shape index (κ3) is 9.59. The molecule has 1 aromatic heterocycles. The van der Waals surface area contributed by atoms with Crippen molar-refractivity contribution in [3.63, 3.8) is 0 Å². The van der Waals surface area contributed by atoms with Crippen molar-refractivity contribution in [2.45, 2.75) is 82.6 Å². The van der Waals surface area contributed by atoms with Gasteiger partial charge in [-0.05, 0) is 81.7 Å². The van der Waals surface area contributed by atoms with Crippen LogP contribution in [0.25, 0.3) is 0 Å². The Morgan fingerprint density at radius 1 is 1.02 bits per heavy atom. The van der Waals surface area contributed by atoms with Crippen molar-refractivity contribution in [2.75, 3.05) is 40.5 Å². The zero-order valence-corrected chi connectivity index (χ0v) is 27.8. The Hall–Kier alpha value is -3.91. The maximum Gasteiger partial charge on any atom is 0.491 e. The van der Waals surface area contributed by atoms with Gasteiger partial charge in [0.1, 0.15) is 0 Å². The molecule has 0 unspecified atom stereocenters. The molecule has 1 saturated heterocycles. The van der Waals surface area contributed by atoms with Crippen molar-refractivity contribution in [2.24, 2.45) is 5.92 Å². The summed E-state index contributed by atoms with van der Waals surface area (Å²) in [5.41, 5.74) is 0.716. The molecular weight excluding hydrogens is 633 g/mol. The van der Waals surface area contributed by atoms with Gasteiger partial charge in [-0.15, -0.1) is 0 Å². The number of amides is 2. The summed E-state index contributed by atoms with van der Waals surface area (Å²) in [6, 6.07) is 5.91. The molecule has 1 aromatic carbocycles. The number of benzene rings is 1. The fourth-order valence-corrected chi connectivity index (χ4v) is 6.10. The maximum absolute atomic E-state index is 14.1. The number of carbonyl (C=O) groups excluding carboxylic acids is 3. The normalized spacial score (nSPS) is 18.6. The predicted molar refractivity (Wildman–Crippen MR) is 170 cm³/mol. The zero-order chi connectivity index (χ0) is 34.8. The highest BCUT2D eigenvalue weighted by Crippen LogP contribution is 2.43. The van der Waals surface area contributed by atoms with Gasteiger partial charge in [-0.25, -0.2) is 4.79 Å². The number of ether oxygens (including phenoxy) is 4. The van der Waals surface area contributed by atoms with Crippen molar-refractivity contribution in [1.82, 2.24) is 20.5 Å². The van der Waals surface area contributed by atoms with Gasteiger partial charge in [-0.3, -0.25) is 14.6 Å². The largest absolute Gasteiger partial charge is 0.493 e. The molecule has 2 fully saturated rings. The molecule has 2 amide bonds. The number of hydrogen-bond donors (Lipinski definition) is 2. The monoisotopic (exact) mass is 678 g/mol. The van der Waals surface area contributed by atoms with Gasteiger partial charge in [0.05, 0.1) is 25.2 Å². The van der Waals surface area contributed by atoms with Crippen LogP contribution in [0.5, 0.6) is 17.2 Å². The van der Waals surface area contributed by atoms with Crippen LogP contribution in [0.4, 0.5) is 13.2 Å². The number of alkyl halides is 3. The minimum atomic E-state index is -5.31. The highest BCUT2D eigenvalue weighted by atomic mass is 19.4. The van der Waals surface area contributed by atoms with Gasteiger partial charge in [0.15, 0.2) is 11.5 Å². The maximum atomic E-state index is 14.1. The number of halogens is 3. The van der Waals surface area contributed by atoms with E-state index in [4.69, 9.17) is 18.9 Å². The van der Waals surface area contributed by atoms with Crippen molar-refractivity contribution >= 4 is 17.8 Å². The lowest BCUT2D eigenvalue weighted by Gasteiger charge is -2.40. The number of piperidine rings is 1. The Morgan fingerprint density at radius 2 is 1.75 bits per heavy atom. The summed E-state index contributed by atoms with van der Waals surface area (Å²) in [5.74, 6) is -3.85. The average Bonchev–Trinajstić information content (AvgIpc) is 3.89. The van der Waals surface area contributed by atoms with Crippen LogP contribution in [-0.2, 0) is 14.3 Å². The third-order valence-electron chi connectivity index (χ3n) is 8.60.